The fourth-order valence-electron chi connectivity index (χ4n) is 1.76. The molecule has 0 aliphatic rings. The lowest BCUT2D eigenvalue weighted by atomic mass is 10.2. The van der Waals surface area contributed by atoms with E-state index in [1.54, 1.807) is 12.1 Å². The van der Waals surface area contributed by atoms with Gasteiger partial charge in [0.1, 0.15) is 5.82 Å². The van der Waals surface area contributed by atoms with Crippen molar-refractivity contribution in [3.8, 4) is 0 Å². The average Bonchev–Trinajstić information content (AvgIpc) is 2.55. The van der Waals surface area contributed by atoms with E-state index >= 15 is 0 Å². The molecule has 0 saturated carbocycles. The molecule has 0 atom stereocenters. The van der Waals surface area contributed by atoms with E-state index < -0.39 is 5.97 Å². The van der Waals surface area contributed by atoms with Crippen LogP contribution in [-0.4, -0.2) is 32.3 Å². The van der Waals surface area contributed by atoms with Gasteiger partial charge in [-0.1, -0.05) is 0 Å². The Morgan fingerprint density at radius 1 is 1.50 bits per heavy atom. The number of hydrogen-bond acceptors (Lipinski definition) is 3. The lowest BCUT2D eigenvalue weighted by Gasteiger charge is -2.03. The maximum Gasteiger partial charge on any atom is 0.335 e. The van der Waals surface area contributed by atoms with Crippen LogP contribution in [0.5, 0.6) is 0 Å². The summed E-state index contributed by atoms with van der Waals surface area (Å²) >= 11 is 0. The van der Waals surface area contributed by atoms with Gasteiger partial charge in [0.25, 0.3) is 0 Å². The molecular formula is C11H12N2O3. The number of aliphatic hydroxyl groups is 1. The minimum Gasteiger partial charge on any atom is -0.478 e. The van der Waals surface area contributed by atoms with Crippen molar-refractivity contribution in [2.45, 2.75) is 13.5 Å². The van der Waals surface area contributed by atoms with Crippen molar-refractivity contribution in [3.05, 3.63) is 29.6 Å². The first-order chi connectivity index (χ1) is 7.63. The Morgan fingerprint density at radius 3 is 2.88 bits per heavy atom. The van der Waals surface area contributed by atoms with Gasteiger partial charge < -0.3 is 14.8 Å². The summed E-state index contributed by atoms with van der Waals surface area (Å²) in [6, 6.07) is 4.79. The number of aromatic carboxylic acids is 1. The molecule has 2 N–H and O–H groups in total. The summed E-state index contributed by atoms with van der Waals surface area (Å²) in [4.78, 5) is 15.1. The van der Waals surface area contributed by atoms with E-state index in [2.05, 4.69) is 4.98 Å². The van der Waals surface area contributed by atoms with Crippen molar-refractivity contribution < 1.29 is 15.0 Å². The molecule has 0 aliphatic carbocycles. The summed E-state index contributed by atoms with van der Waals surface area (Å²) < 4.78 is 1.81. The Kier molecular flexibility index (Phi) is 2.62. The van der Waals surface area contributed by atoms with Crippen LogP contribution in [0.1, 0.15) is 16.2 Å². The minimum atomic E-state index is -0.962. The Bertz CT molecular complexity index is 545. The fraction of sp³-hybridized carbons (Fsp3) is 0.273. The van der Waals surface area contributed by atoms with Gasteiger partial charge in [-0.25, -0.2) is 9.78 Å². The highest BCUT2D eigenvalue weighted by Gasteiger charge is 2.10. The van der Waals surface area contributed by atoms with Crippen molar-refractivity contribution in [2.75, 3.05) is 6.61 Å². The zero-order valence-corrected chi connectivity index (χ0v) is 8.84. The molecular weight excluding hydrogens is 208 g/mol. The first-order valence-electron chi connectivity index (χ1n) is 4.94. The van der Waals surface area contributed by atoms with E-state index in [1.807, 2.05) is 11.5 Å². The molecule has 0 amide bonds. The molecule has 16 heavy (non-hydrogen) atoms. The number of aryl methyl sites for hydroxylation is 1. The van der Waals surface area contributed by atoms with Crippen molar-refractivity contribution >= 4 is 17.0 Å². The molecule has 0 spiro atoms. The monoisotopic (exact) mass is 220 g/mol. The largest absolute Gasteiger partial charge is 0.478 e. The number of nitrogens with zero attached hydrogens (tertiary/aromatic N) is 2. The molecule has 0 bridgehead atoms. The minimum absolute atomic E-state index is 0.00357. The van der Waals surface area contributed by atoms with Crippen LogP contribution in [0.4, 0.5) is 0 Å². The van der Waals surface area contributed by atoms with Gasteiger partial charge in [0, 0.05) is 6.54 Å². The van der Waals surface area contributed by atoms with Gasteiger partial charge in [-0.2, -0.15) is 0 Å². The lowest BCUT2D eigenvalue weighted by Crippen LogP contribution is -2.04. The molecule has 0 radical (unpaired) electrons. The number of aliphatic hydroxyl groups excluding tert-OH is 1. The molecule has 2 rings (SSSR count). The normalized spacial score (nSPS) is 10.9. The first-order valence-corrected chi connectivity index (χ1v) is 4.94. The molecule has 0 aliphatic heterocycles. The van der Waals surface area contributed by atoms with Crippen LogP contribution < -0.4 is 0 Å². The Balaban J connectivity index is 2.64. The van der Waals surface area contributed by atoms with Gasteiger partial charge in [-0.15, -0.1) is 0 Å². The van der Waals surface area contributed by atoms with E-state index in [0.717, 1.165) is 16.9 Å². The second-order valence-electron chi connectivity index (χ2n) is 3.54. The topological polar surface area (TPSA) is 75.3 Å². The highest BCUT2D eigenvalue weighted by atomic mass is 16.4. The molecule has 0 unspecified atom stereocenters. The number of aromatic nitrogens is 2. The summed E-state index contributed by atoms with van der Waals surface area (Å²) in [5.74, 6) is -0.192. The summed E-state index contributed by atoms with van der Waals surface area (Å²) in [6.45, 7) is 2.26. The highest BCUT2D eigenvalue weighted by Crippen LogP contribution is 2.17. The Morgan fingerprint density at radius 2 is 2.25 bits per heavy atom. The lowest BCUT2D eigenvalue weighted by molar-refractivity contribution is 0.0697. The van der Waals surface area contributed by atoms with E-state index in [4.69, 9.17) is 10.2 Å². The van der Waals surface area contributed by atoms with Crippen molar-refractivity contribution in [2.24, 2.45) is 0 Å². The van der Waals surface area contributed by atoms with Crippen LogP contribution in [0.25, 0.3) is 11.0 Å². The van der Waals surface area contributed by atoms with Crippen LogP contribution in [-0.2, 0) is 6.54 Å². The van der Waals surface area contributed by atoms with E-state index in [1.165, 1.54) is 6.07 Å². The number of imidazole rings is 1. The molecule has 2 aromatic rings. The molecule has 1 aromatic carbocycles. The van der Waals surface area contributed by atoms with E-state index in [-0.39, 0.29) is 12.2 Å². The highest BCUT2D eigenvalue weighted by molar-refractivity contribution is 5.92. The number of benzene rings is 1. The van der Waals surface area contributed by atoms with Gasteiger partial charge in [0.2, 0.25) is 0 Å². The summed E-state index contributed by atoms with van der Waals surface area (Å²) in [6.07, 6.45) is 0. The second kappa shape index (κ2) is 3.94. The van der Waals surface area contributed by atoms with Gasteiger partial charge in [-0.3, -0.25) is 0 Å². The number of carboxylic acids is 1. The Labute approximate surface area is 92.0 Å². The van der Waals surface area contributed by atoms with Crippen molar-refractivity contribution in [3.63, 3.8) is 0 Å². The Hall–Kier alpha value is -1.88. The SMILES string of the molecule is Cc1nc2ccc(C(=O)O)cc2n1CCO. The molecule has 0 saturated heterocycles. The average molecular weight is 220 g/mol. The van der Waals surface area contributed by atoms with Gasteiger partial charge >= 0.3 is 5.97 Å². The third-order valence-corrected chi connectivity index (χ3v) is 2.51. The van der Waals surface area contributed by atoms with Crippen LogP contribution in [0.3, 0.4) is 0 Å². The second-order valence-corrected chi connectivity index (χ2v) is 3.54. The van der Waals surface area contributed by atoms with Gasteiger partial charge in [-0.05, 0) is 25.1 Å². The molecule has 1 heterocycles. The first kappa shape index (κ1) is 10.6. The van der Waals surface area contributed by atoms with Crippen LogP contribution >= 0.6 is 0 Å². The number of hydrogen-bond donors (Lipinski definition) is 2. The molecule has 1 aromatic heterocycles. The third-order valence-electron chi connectivity index (χ3n) is 2.51. The maximum atomic E-state index is 10.8. The van der Waals surface area contributed by atoms with Crippen LogP contribution in [0, 0.1) is 6.92 Å². The third kappa shape index (κ3) is 1.65. The predicted octanol–water partition coefficient (Wildman–Crippen LogP) is 1.04. The van der Waals surface area contributed by atoms with E-state index in [9.17, 15) is 4.79 Å². The van der Waals surface area contributed by atoms with Gasteiger partial charge in [0.15, 0.2) is 0 Å². The molecule has 0 fully saturated rings. The number of rotatable bonds is 3. The number of fused-ring (bicyclic) bond motifs is 1. The van der Waals surface area contributed by atoms with Gasteiger partial charge in [0.05, 0.1) is 23.2 Å². The summed E-state index contributed by atoms with van der Waals surface area (Å²) in [5.41, 5.74) is 1.72. The van der Waals surface area contributed by atoms with Crippen LogP contribution in [0.15, 0.2) is 18.2 Å². The number of carboxylic acid groups (broad SMARTS) is 1. The fourth-order valence-corrected chi connectivity index (χ4v) is 1.76. The number of carbonyl (C=O) groups is 1. The summed E-state index contributed by atoms with van der Waals surface area (Å²) in [7, 11) is 0. The zero-order chi connectivity index (χ0) is 11.7. The standard InChI is InChI=1S/C11H12N2O3/c1-7-12-9-3-2-8(11(15)16)6-10(9)13(7)4-5-14/h2-3,6,14H,4-5H2,1H3,(H,15,16). The zero-order valence-electron chi connectivity index (χ0n) is 8.84. The van der Waals surface area contributed by atoms with E-state index in [0.29, 0.717) is 6.54 Å². The molecule has 5 nitrogen and oxygen atoms in total. The maximum absolute atomic E-state index is 10.8. The quantitative estimate of drug-likeness (QED) is 0.810. The molecule has 5 heteroatoms. The van der Waals surface area contributed by atoms with Crippen molar-refractivity contribution in [1.82, 2.24) is 9.55 Å². The van der Waals surface area contributed by atoms with Crippen LogP contribution in [0.2, 0.25) is 0 Å². The smallest absolute Gasteiger partial charge is 0.335 e. The molecule has 84 valence electrons. The predicted molar refractivity (Wildman–Crippen MR) is 58.5 cm³/mol. The van der Waals surface area contributed by atoms with Crippen molar-refractivity contribution in [1.29, 1.82) is 0 Å². The summed E-state index contributed by atoms with van der Waals surface area (Å²) in [5, 5.41) is 17.8.